The maximum atomic E-state index is 12.6. The molecule has 1 heterocycles. The van der Waals surface area contributed by atoms with Gasteiger partial charge in [-0.25, -0.2) is 8.42 Å². The van der Waals surface area contributed by atoms with Crippen LogP contribution in [0.4, 0.5) is 18.9 Å². The van der Waals surface area contributed by atoms with Crippen molar-refractivity contribution in [2.24, 2.45) is 0 Å². The summed E-state index contributed by atoms with van der Waals surface area (Å²) in [5.74, 6) is -0.643. The first-order valence-corrected chi connectivity index (χ1v) is 9.36. The molecule has 2 rings (SSSR count). The van der Waals surface area contributed by atoms with Crippen LogP contribution in [0.1, 0.15) is 19.4 Å². The Bertz CT molecular complexity index is 742. The fourth-order valence-electron chi connectivity index (χ4n) is 2.82. The second-order valence-electron chi connectivity index (χ2n) is 6.25. The number of halogens is 3. The summed E-state index contributed by atoms with van der Waals surface area (Å²) in [7, 11) is -2.46. The lowest BCUT2D eigenvalue weighted by Gasteiger charge is -2.25. The summed E-state index contributed by atoms with van der Waals surface area (Å²) in [5.41, 5.74) is 5.00. The van der Waals surface area contributed by atoms with E-state index in [1.807, 2.05) is 0 Å². The van der Waals surface area contributed by atoms with Crippen molar-refractivity contribution in [3.8, 4) is 0 Å². The van der Waals surface area contributed by atoms with Gasteiger partial charge >= 0.3 is 6.18 Å². The molecule has 0 radical (unpaired) electrons. The molecule has 1 aliphatic heterocycles. The fraction of sp³-hybridized carbons (Fsp3) is 0.533. The Morgan fingerprint density at radius 3 is 2.12 bits per heavy atom. The Labute approximate surface area is 150 Å². The summed E-state index contributed by atoms with van der Waals surface area (Å²) in [4.78, 5) is 12.1. The normalized spacial score (nSPS) is 24.0. The van der Waals surface area contributed by atoms with Gasteiger partial charge in [-0.1, -0.05) is 0 Å². The Morgan fingerprint density at radius 1 is 1.15 bits per heavy atom. The number of nitrogens with one attached hydrogen (secondary N) is 3. The summed E-state index contributed by atoms with van der Waals surface area (Å²) < 4.78 is 63.8. The first-order valence-electron chi connectivity index (χ1n) is 7.86. The number of benzene rings is 1. The molecule has 1 aliphatic rings. The van der Waals surface area contributed by atoms with Crippen LogP contribution in [0.25, 0.3) is 0 Å². The monoisotopic (exact) mass is 394 g/mol. The third kappa shape index (κ3) is 4.53. The van der Waals surface area contributed by atoms with Gasteiger partial charge in [-0.15, -0.1) is 0 Å². The zero-order valence-corrected chi connectivity index (χ0v) is 15.3. The topological polar surface area (TPSA) is 90.5 Å². The molecule has 0 aliphatic carbocycles. The molecule has 0 saturated carbocycles. The number of hydrogen-bond donors (Lipinski definition) is 3. The van der Waals surface area contributed by atoms with Crippen LogP contribution in [0.15, 0.2) is 24.3 Å². The molecule has 3 N–H and O–H groups in total. The maximum Gasteiger partial charge on any atom is 0.416 e. The average molecular weight is 394 g/mol. The van der Waals surface area contributed by atoms with Crippen molar-refractivity contribution in [3.63, 3.8) is 0 Å². The third-order valence-electron chi connectivity index (χ3n) is 4.16. The summed E-state index contributed by atoms with van der Waals surface area (Å²) in [6.45, 7) is 2.99. The van der Waals surface area contributed by atoms with Gasteiger partial charge in [-0.05, 0) is 38.1 Å². The molecule has 2 unspecified atom stereocenters. The number of nitrogens with zero attached hydrogens (tertiary/aromatic N) is 1. The van der Waals surface area contributed by atoms with Gasteiger partial charge in [0.1, 0.15) is 5.25 Å². The minimum Gasteiger partial charge on any atom is -0.325 e. The van der Waals surface area contributed by atoms with Crippen molar-refractivity contribution < 1.29 is 26.4 Å². The smallest absolute Gasteiger partial charge is 0.325 e. The van der Waals surface area contributed by atoms with E-state index in [-0.39, 0.29) is 17.8 Å². The van der Waals surface area contributed by atoms with E-state index in [0.717, 1.165) is 28.6 Å². The largest absolute Gasteiger partial charge is 0.416 e. The molecule has 1 aromatic rings. The van der Waals surface area contributed by atoms with Crippen LogP contribution >= 0.6 is 0 Å². The minimum absolute atomic E-state index is 0.153. The van der Waals surface area contributed by atoms with E-state index < -0.39 is 39.5 Å². The minimum atomic E-state index is -4.46. The van der Waals surface area contributed by atoms with E-state index in [9.17, 15) is 26.4 Å². The summed E-state index contributed by atoms with van der Waals surface area (Å²) in [5, 5.41) is 1.65. The molecule has 1 saturated heterocycles. The van der Waals surface area contributed by atoms with Crippen molar-refractivity contribution in [1.29, 1.82) is 0 Å². The van der Waals surface area contributed by atoms with Crippen LogP contribution in [-0.2, 0) is 21.0 Å². The van der Waals surface area contributed by atoms with Crippen molar-refractivity contribution >= 4 is 21.6 Å². The summed E-state index contributed by atoms with van der Waals surface area (Å²) in [6, 6.07) is 3.24. The highest BCUT2D eigenvalue weighted by molar-refractivity contribution is 7.89. The van der Waals surface area contributed by atoms with Crippen molar-refractivity contribution in [2.75, 3.05) is 18.9 Å². The highest BCUT2D eigenvalue weighted by Gasteiger charge is 2.42. The van der Waals surface area contributed by atoms with E-state index >= 15 is 0 Å². The lowest BCUT2D eigenvalue weighted by Crippen LogP contribution is -2.47. The van der Waals surface area contributed by atoms with E-state index in [1.165, 1.54) is 7.05 Å². The van der Waals surface area contributed by atoms with Crippen LogP contribution in [0, 0.1) is 0 Å². The van der Waals surface area contributed by atoms with Crippen LogP contribution in [0.5, 0.6) is 0 Å². The number of hydrogen-bond acceptors (Lipinski definition) is 5. The van der Waals surface area contributed by atoms with E-state index in [0.29, 0.717) is 0 Å². The van der Waals surface area contributed by atoms with Gasteiger partial charge in [0.05, 0.1) is 12.1 Å². The SMILES string of the molecule is CC1NNC(C)C1S(=O)(=O)N(C)CC(=O)Nc1ccc(C(F)(F)F)cc1. The number of carbonyl (C=O) groups excluding carboxylic acids is 1. The standard InChI is InChI=1S/C15H21F3N4O3S/c1-9-14(10(2)21-20-9)26(24,25)22(3)8-13(23)19-12-6-4-11(5-7-12)15(16,17)18/h4-7,9-10,14,20-21H,8H2,1-3H3,(H,19,23). The first-order chi connectivity index (χ1) is 11.9. The van der Waals surface area contributed by atoms with Gasteiger partial charge in [0.25, 0.3) is 0 Å². The molecule has 1 aromatic carbocycles. The quantitative estimate of drug-likeness (QED) is 0.697. The number of carbonyl (C=O) groups is 1. The highest BCUT2D eigenvalue weighted by Crippen LogP contribution is 2.29. The number of sulfonamides is 1. The molecule has 7 nitrogen and oxygen atoms in total. The number of likely N-dealkylation sites (N-methyl/N-ethyl adjacent to an activating group) is 1. The number of rotatable bonds is 5. The molecule has 0 spiro atoms. The van der Waals surface area contributed by atoms with Gasteiger partial charge in [0, 0.05) is 24.8 Å². The molecular formula is C15H21F3N4O3S. The van der Waals surface area contributed by atoms with E-state index in [2.05, 4.69) is 16.2 Å². The summed E-state index contributed by atoms with van der Waals surface area (Å²) >= 11 is 0. The average Bonchev–Trinajstić information content (AvgIpc) is 2.86. The molecule has 1 fully saturated rings. The second-order valence-corrected chi connectivity index (χ2v) is 8.45. The molecule has 146 valence electrons. The number of alkyl halides is 3. The van der Waals surface area contributed by atoms with Gasteiger partial charge in [-0.2, -0.15) is 17.5 Å². The zero-order valence-electron chi connectivity index (χ0n) is 14.5. The second kappa shape index (κ2) is 7.51. The third-order valence-corrected chi connectivity index (χ3v) is 6.67. The van der Waals surface area contributed by atoms with Crippen LogP contribution in [0.2, 0.25) is 0 Å². The number of anilines is 1. The van der Waals surface area contributed by atoms with Crippen molar-refractivity contribution in [3.05, 3.63) is 29.8 Å². The molecule has 1 amide bonds. The van der Waals surface area contributed by atoms with Gasteiger partial charge < -0.3 is 5.32 Å². The first kappa shape index (κ1) is 20.6. The van der Waals surface area contributed by atoms with Gasteiger partial charge in [-0.3, -0.25) is 15.6 Å². The predicted molar refractivity (Wildman–Crippen MR) is 90.6 cm³/mol. The molecule has 11 heteroatoms. The Morgan fingerprint density at radius 2 is 1.65 bits per heavy atom. The zero-order chi connectivity index (χ0) is 19.7. The Kier molecular flexibility index (Phi) is 5.95. The highest BCUT2D eigenvalue weighted by atomic mass is 32.2. The molecule has 2 atom stereocenters. The number of hydrazine groups is 1. The molecule has 0 bridgehead atoms. The predicted octanol–water partition coefficient (Wildman–Crippen LogP) is 1.16. The lowest BCUT2D eigenvalue weighted by molar-refractivity contribution is -0.137. The van der Waals surface area contributed by atoms with Crippen molar-refractivity contribution in [2.45, 2.75) is 37.4 Å². The van der Waals surface area contributed by atoms with Crippen LogP contribution < -0.4 is 16.2 Å². The molecular weight excluding hydrogens is 373 g/mol. The van der Waals surface area contributed by atoms with Gasteiger partial charge in [0.15, 0.2) is 0 Å². The maximum absolute atomic E-state index is 12.6. The van der Waals surface area contributed by atoms with Crippen molar-refractivity contribution in [1.82, 2.24) is 15.2 Å². The molecule has 0 aromatic heterocycles. The lowest BCUT2D eigenvalue weighted by atomic mass is 10.2. The van der Waals surface area contributed by atoms with E-state index in [4.69, 9.17) is 0 Å². The summed E-state index contributed by atoms with van der Waals surface area (Å²) in [6.07, 6.45) is -4.46. The van der Waals surface area contributed by atoms with Crippen LogP contribution in [-0.4, -0.2) is 49.6 Å². The Hall–Kier alpha value is -1.69. The van der Waals surface area contributed by atoms with Gasteiger partial charge in [0.2, 0.25) is 15.9 Å². The Balaban J connectivity index is 2.01. The molecule has 26 heavy (non-hydrogen) atoms. The fourth-order valence-corrected chi connectivity index (χ4v) is 4.70. The van der Waals surface area contributed by atoms with Crippen LogP contribution in [0.3, 0.4) is 0 Å². The number of amides is 1. The van der Waals surface area contributed by atoms with E-state index in [1.54, 1.807) is 13.8 Å².